The van der Waals surface area contributed by atoms with Gasteiger partial charge in [0.05, 0.1) is 18.7 Å². The van der Waals surface area contributed by atoms with Gasteiger partial charge in [-0.15, -0.1) is 0 Å². The molecule has 2 aliphatic rings. The Hall–Kier alpha value is -1.92. The fourth-order valence-corrected chi connectivity index (χ4v) is 3.75. The van der Waals surface area contributed by atoms with Crippen LogP contribution in [0.5, 0.6) is 0 Å². The molecule has 2 heterocycles. The maximum Gasteiger partial charge on any atom is 0.292 e. The zero-order valence-corrected chi connectivity index (χ0v) is 14.8. The van der Waals surface area contributed by atoms with Crippen molar-refractivity contribution >= 4 is 23.2 Å². The number of carbonyl (C=O) groups is 2. The van der Waals surface area contributed by atoms with Gasteiger partial charge in [0.25, 0.3) is 5.91 Å². The van der Waals surface area contributed by atoms with Crippen LogP contribution in [0.3, 0.4) is 0 Å². The smallest absolute Gasteiger partial charge is 0.292 e. The standard InChI is InChI=1S/C18H26N4O2/c1-4-20-9-11-21(12-10-20)16-13-17(23)22(18(16)24)15-7-5-14(6-8-15)19(2)3/h5-8,16H,4,9-13H2,1-3H3/p+2/t16-/m1/s1. The second kappa shape index (κ2) is 6.91. The zero-order chi connectivity index (χ0) is 17.3. The predicted octanol–water partition coefficient (Wildman–Crippen LogP) is -1.81. The van der Waals surface area contributed by atoms with E-state index in [1.54, 1.807) is 4.90 Å². The van der Waals surface area contributed by atoms with Crippen LogP contribution in [-0.4, -0.2) is 64.7 Å². The summed E-state index contributed by atoms with van der Waals surface area (Å²) in [5.74, 6) is -0.104. The molecule has 0 saturated carbocycles. The van der Waals surface area contributed by atoms with E-state index >= 15 is 0 Å². The molecule has 2 amide bonds. The minimum absolute atomic E-state index is 0.0347. The summed E-state index contributed by atoms with van der Waals surface area (Å²) in [7, 11) is 3.94. The number of hydrogen-bond acceptors (Lipinski definition) is 3. The second-order valence-corrected chi connectivity index (χ2v) is 7.00. The third-order valence-corrected chi connectivity index (χ3v) is 5.36. The lowest BCUT2D eigenvalue weighted by atomic mass is 10.1. The van der Waals surface area contributed by atoms with E-state index in [1.165, 1.54) is 9.80 Å². The minimum Gasteiger partial charge on any atom is -0.378 e. The Morgan fingerprint density at radius 3 is 2.25 bits per heavy atom. The maximum atomic E-state index is 12.9. The molecule has 0 unspecified atom stereocenters. The molecular formula is C18H28N4O2+2. The summed E-state index contributed by atoms with van der Waals surface area (Å²) in [5.41, 5.74) is 1.74. The molecule has 2 saturated heterocycles. The first-order valence-corrected chi connectivity index (χ1v) is 8.83. The zero-order valence-electron chi connectivity index (χ0n) is 14.8. The SMILES string of the molecule is CC[NH+]1CC[NH+]([C@@H]2CC(=O)N(c3ccc(N(C)C)cc3)C2=O)CC1. The van der Waals surface area contributed by atoms with Gasteiger partial charge in [-0.3, -0.25) is 9.59 Å². The van der Waals surface area contributed by atoms with E-state index in [9.17, 15) is 9.59 Å². The second-order valence-electron chi connectivity index (χ2n) is 7.00. The Kier molecular flexibility index (Phi) is 4.87. The quantitative estimate of drug-likeness (QED) is 0.639. The van der Waals surface area contributed by atoms with Crippen LogP contribution in [0.4, 0.5) is 11.4 Å². The highest BCUT2D eigenvalue weighted by Crippen LogP contribution is 2.24. The van der Waals surface area contributed by atoms with E-state index in [0.717, 1.165) is 38.4 Å². The lowest BCUT2D eigenvalue weighted by Gasteiger charge is -2.31. The number of likely N-dealkylation sites (N-methyl/N-ethyl adjacent to an activating group) is 1. The Morgan fingerprint density at radius 1 is 1.08 bits per heavy atom. The summed E-state index contributed by atoms with van der Waals surface area (Å²) in [6.07, 6.45) is 0.338. The van der Waals surface area contributed by atoms with E-state index in [2.05, 4.69) is 6.92 Å². The normalized spacial score (nSPS) is 27.6. The van der Waals surface area contributed by atoms with Crippen molar-refractivity contribution in [1.82, 2.24) is 0 Å². The number of hydrogen-bond donors (Lipinski definition) is 2. The van der Waals surface area contributed by atoms with Gasteiger partial charge in [0.2, 0.25) is 5.91 Å². The maximum absolute atomic E-state index is 12.9. The van der Waals surface area contributed by atoms with Gasteiger partial charge in [-0.2, -0.15) is 0 Å². The highest BCUT2D eigenvalue weighted by Gasteiger charge is 2.46. The van der Waals surface area contributed by atoms with Crippen molar-refractivity contribution < 1.29 is 19.4 Å². The number of quaternary nitrogens is 2. The van der Waals surface area contributed by atoms with Crippen LogP contribution < -0.4 is 19.6 Å². The first kappa shape index (κ1) is 16.9. The van der Waals surface area contributed by atoms with Gasteiger partial charge in [-0.05, 0) is 31.2 Å². The third-order valence-electron chi connectivity index (χ3n) is 5.36. The molecular weight excluding hydrogens is 304 g/mol. The number of imide groups is 1. The van der Waals surface area contributed by atoms with E-state index < -0.39 is 0 Å². The average molecular weight is 332 g/mol. The Balaban J connectivity index is 1.72. The minimum atomic E-state index is -0.204. The molecule has 130 valence electrons. The van der Waals surface area contributed by atoms with Crippen LogP contribution in [0.1, 0.15) is 13.3 Å². The highest BCUT2D eigenvalue weighted by molar-refractivity contribution is 6.21. The molecule has 0 radical (unpaired) electrons. The van der Waals surface area contributed by atoms with Crippen LogP contribution >= 0.6 is 0 Å². The van der Waals surface area contributed by atoms with Crippen molar-refractivity contribution in [1.29, 1.82) is 0 Å². The molecule has 1 aromatic carbocycles. The molecule has 1 atom stereocenters. The molecule has 0 spiro atoms. The number of anilines is 2. The van der Waals surface area contributed by atoms with Crippen LogP contribution in [0, 0.1) is 0 Å². The van der Waals surface area contributed by atoms with Crippen LogP contribution in [0.2, 0.25) is 0 Å². The van der Waals surface area contributed by atoms with E-state index in [1.807, 2.05) is 43.3 Å². The summed E-state index contributed by atoms with van der Waals surface area (Å²) in [4.78, 5) is 31.6. The van der Waals surface area contributed by atoms with Crippen LogP contribution in [0.25, 0.3) is 0 Å². The van der Waals surface area contributed by atoms with E-state index in [4.69, 9.17) is 0 Å². The monoisotopic (exact) mass is 332 g/mol. The number of nitrogens with one attached hydrogen (secondary N) is 2. The predicted molar refractivity (Wildman–Crippen MR) is 93.6 cm³/mol. The molecule has 2 aliphatic heterocycles. The summed E-state index contributed by atoms with van der Waals surface area (Å²) in [5, 5.41) is 0. The number of amides is 2. The van der Waals surface area contributed by atoms with Crippen molar-refractivity contribution in [2.75, 3.05) is 56.6 Å². The van der Waals surface area contributed by atoms with Crippen molar-refractivity contribution in [2.24, 2.45) is 0 Å². The summed E-state index contributed by atoms with van der Waals surface area (Å²) in [6.45, 7) is 7.45. The van der Waals surface area contributed by atoms with E-state index in [0.29, 0.717) is 12.1 Å². The molecule has 0 bridgehead atoms. The van der Waals surface area contributed by atoms with Crippen LogP contribution in [-0.2, 0) is 9.59 Å². The van der Waals surface area contributed by atoms with Gasteiger partial charge in [0.15, 0.2) is 6.04 Å². The Labute approximate surface area is 143 Å². The lowest BCUT2D eigenvalue weighted by Crippen LogP contribution is -3.29. The Morgan fingerprint density at radius 2 is 1.71 bits per heavy atom. The molecule has 3 rings (SSSR count). The number of benzene rings is 1. The molecule has 24 heavy (non-hydrogen) atoms. The summed E-state index contributed by atoms with van der Waals surface area (Å²) < 4.78 is 0. The lowest BCUT2D eigenvalue weighted by molar-refractivity contribution is -1.02. The van der Waals surface area contributed by atoms with Crippen molar-refractivity contribution in [3.05, 3.63) is 24.3 Å². The first-order valence-electron chi connectivity index (χ1n) is 8.83. The average Bonchev–Trinajstić information content (AvgIpc) is 2.89. The number of rotatable bonds is 4. The highest BCUT2D eigenvalue weighted by atomic mass is 16.2. The number of piperazine rings is 1. The summed E-state index contributed by atoms with van der Waals surface area (Å²) in [6, 6.07) is 7.41. The summed E-state index contributed by atoms with van der Waals surface area (Å²) >= 11 is 0. The van der Waals surface area contributed by atoms with Gasteiger partial charge in [0, 0.05) is 19.8 Å². The third kappa shape index (κ3) is 3.16. The van der Waals surface area contributed by atoms with E-state index in [-0.39, 0.29) is 17.9 Å². The molecule has 6 nitrogen and oxygen atoms in total. The van der Waals surface area contributed by atoms with Gasteiger partial charge >= 0.3 is 0 Å². The van der Waals surface area contributed by atoms with Gasteiger partial charge in [-0.1, -0.05) is 0 Å². The Bertz CT molecular complexity index is 606. The molecule has 1 aromatic rings. The first-order chi connectivity index (χ1) is 11.5. The molecule has 2 fully saturated rings. The van der Waals surface area contributed by atoms with Crippen molar-refractivity contribution in [3.63, 3.8) is 0 Å². The molecule has 6 heteroatoms. The van der Waals surface area contributed by atoms with Gasteiger partial charge in [-0.25, -0.2) is 4.90 Å². The van der Waals surface area contributed by atoms with Gasteiger partial charge < -0.3 is 14.7 Å². The van der Waals surface area contributed by atoms with Crippen molar-refractivity contribution in [2.45, 2.75) is 19.4 Å². The molecule has 0 aromatic heterocycles. The molecule has 0 aliphatic carbocycles. The number of carbonyl (C=O) groups excluding carboxylic acids is 2. The molecule has 2 N–H and O–H groups in total. The largest absolute Gasteiger partial charge is 0.378 e. The van der Waals surface area contributed by atoms with Crippen molar-refractivity contribution in [3.8, 4) is 0 Å². The fraction of sp³-hybridized carbons (Fsp3) is 0.556. The fourth-order valence-electron chi connectivity index (χ4n) is 3.75. The topological polar surface area (TPSA) is 49.5 Å². The number of nitrogens with zero attached hydrogens (tertiary/aromatic N) is 2. The van der Waals surface area contributed by atoms with Gasteiger partial charge in [0.1, 0.15) is 26.2 Å². The van der Waals surface area contributed by atoms with Crippen LogP contribution in [0.15, 0.2) is 24.3 Å².